The fourth-order valence-electron chi connectivity index (χ4n) is 2.35. The highest BCUT2D eigenvalue weighted by Crippen LogP contribution is 2.32. The molecule has 2 aromatic carbocycles. The number of fused-ring (bicyclic) bond motifs is 1. The third-order valence-electron chi connectivity index (χ3n) is 3.41. The standard InChI is InChI=1S/C19H19NO4/c1-2-22-16-5-3-4-14(12-16)6-9-19(21)20-15-7-8-17-18(13-15)24-11-10-23-17/h3-9,12-13H,2,10-11H2,1H3,(H,20,21). The lowest BCUT2D eigenvalue weighted by Crippen LogP contribution is -2.16. The van der Waals surface area contributed by atoms with Crippen LogP contribution in [-0.4, -0.2) is 25.7 Å². The monoisotopic (exact) mass is 325 g/mol. The summed E-state index contributed by atoms with van der Waals surface area (Å²) in [5.74, 6) is 1.91. The molecule has 0 unspecified atom stereocenters. The van der Waals surface area contributed by atoms with E-state index in [2.05, 4.69) is 5.32 Å². The molecule has 1 aliphatic rings. The van der Waals surface area contributed by atoms with Crippen molar-refractivity contribution in [3.05, 3.63) is 54.1 Å². The fraction of sp³-hybridized carbons (Fsp3) is 0.211. The number of amides is 1. The Labute approximate surface area is 140 Å². The Morgan fingerprint density at radius 2 is 2.00 bits per heavy atom. The molecule has 0 fully saturated rings. The van der Waals surface area contributed by atoms with E-state index in [0.29, 0.717) is 37.0 Å². The Kier molecular flexibility index (Phi) is 5.01. The van der Waals surface area contributed by atoms with Gasteiger partial charge in [-0.3, -0.25) is 4.79 Å². The van der Waals surface area contributed by atoms with Crippen LogP contribution in [-0.2, 0) is 4.79 Å². The lowest BCUT2D eigenvalue weighted by Gasteiger charge is -2.18. The maximum absolute atomic E-state index is 12.1. The summed E-state index contributed by atoms with van der Waals surface area (Å²) in [6.07, 6.45) is 3.23. The van der Waals surface area contributed by atoms with Crippen LogP contribution in [0.25, 0.3) is 6.08 Å². The Hall–Kier alpha value is -2.95. The Morgan fingerprint density at radius 1 is 1.17 bits per heavy atom. The maximum atomic E-state index is 12.1. The van der Waals surface area contributed by atoms with Crippen LogP contribution in [0.3, 0.4) is 0 Å². The minimum absolute atomic E-state index is 0.214. The van der Waals surface area contributed by atoms with Crippen molar-refractivity contribution >= 4 is 17.7 Å². The third kappa shape index (κ3) is 4.07. The molecular weight excluding hydrogens is 306 g/mol. The highest BCUT2D eigenvalue weighted by atomic mass is 16.6. The van der Waals surface area contributed by atoms with E-state index in [1.807, 2.05) is 31.2 Å². The normalized spacial score (nSPS) is 12.9. The minimum Gasteiger partial charge on any atom is -0.494 e. The first kappa shape index (κ1) is 15.9. The van der Waals surface area contributed by atoms with E-state index >= 15 is 0 Å². The quantitative estimate of drug-likeness (QED) is 0.855. The molecular formula is C19H19NO4. The van der Waals surface area contributed by atoms with E-state index in [1.54, 1.807) is 24.3 Å². The predicted octanol–water partition coefficient (Wildman–Crippen LogP) is 3.51. The molecule has 2 aromatic rings. The van der Waals surface area contributed by atoms with Crippen LogP contribution >= 0.6 is 0 Å². The highest BCUT2D eigenvalue weighted by Gasteiger charge is 2.12. The van der Waals surface area contributed by atoms with Gasteiger partial charge in [-0.2, -0.15) is 0 Å². The second-order valence-electron chi connectivity index (χ2n) is 5.19. The molecule has 0 radical (unpaired) electrons. The van der Waals surface area contributed by atoms with E-state index in [9.17, 15) is 4.79 Å². The highest BCUT2D eigenvalue weighted by molar-refractivity contribution is 6.02. The van der Waals surface area contributed by atoms with Gasteiger partial charge in [0.1, 0.15) is 19.0 Å². The van der Waals surface area contributed by atoms with Crippen molar-refractivity contribution in [3.63, 3.8) is 0 Å². The molecule has 0 aliphatic carbocycles. The number of carbonyl (C=O) groups is 1. The molecule has 1 heterocycles. The largest absolute Gasteiger partial charge is 0.494 e. The minimum atomic E-state index is -0.214. The van der Waals surface area contributed by atoms with Crippen LogP contribution in [0.2, 0.25) is 0 Å². The summed E-state index contributed by atoms with van der Waals surface area (Å²) in [5, 5.41) is 2.81. The summed E-state index contributed by atoms with van der Waals surface area (Å²) >= 11 is 0. The van der Waals surface area contributed by atoms with E-state index in [4.69, 9.17) is 14.2 Å². The van der Waals surface area contributed by atoms with E-state index in [1.165, 1.54) is 6.08 Å². The molecule has 3 rings (SSSR count). The van der Waals surface area contributed by atoms with Gasteiger partial charge in [-0.1, -0.05) is 12.1 Å². The summed E-state index contributed by atoms with van der Waals surface area (Å²) in [4.78, 5) is 12.1. The van der Waals surface area contributed by atoms with Crippen LogP contribution in [0.5, 0.6) is 17.2 Å². The van der Waals surface area contributed by atoms with E-state index in [-0.39, 0.29) is 5.91 Å². The summed E-state index contributed by atoms with van der Waals surface area (Å²) in [6, 6.07) is 12.9. The van der Waals surface area contributed by atoms with Gasteiger partial charge in [0.15, 0.2) is 11.5 Å². The van der Waals surface area contributed by atoms with Gasteiger partial charge in [0.25, 0.3) is 0 Å². The molecule has 0 saturated carbocycles. The van der Waals surface area contributed by atoms with Crippen LogP contribution in [0.15, 0.2) is 48.5 Å². The molecule has 1 N–H and O–H groups in total. The van der Waals surface area contributed by atoms with Gasteiger partial charge in [-0.25, -0.2) is 0 Å². The van der Waals surface area contributed by atoms with E-state index < -0.39 is 0 Å². The van der Waals surface area contributed by atoms with Gasteiger partial charge in [0.2, 0.25) is 5.91 Å². The third-order valence-corrected chi connectivity index (χ3v) is 3.41. The Balaban J connectivity index is 1.64. The van der Waals surface area contributed by atoms with Crippen LogP contribution in [0.1, 0.15) is 12.5 Å². The molecule has 24 heavy (non-hydrogen) atoms. The maximum Gasteiger partial charge on any atom is 0.248 e. The van der Waals surface area contributed by atoms with Gasteiger partial charge in [-0.15, -0.1) is 0 Å². The molecule has 0 bridgehead atoms. The molecule has 5 heteroatoms. The van der Waals surface area contributed by atoms with Crippen molar-refractivity contribution in [1.29, 1.82) is 0 Å². The number of hydrogen-bond donors (Lipinski definition) is 1. The average molecular weight is 325 g/mol. The number of benzene rings is 2. The summed E-state index contributed by atoms with van der Waals surface area (Å²) in [5.41, 5.74) is 1.57. The Bertz CT molecular complexity index is 755. The number of anilines is 1. The molecule has 1 amide bonds. The van der Waals surface area contributed by atoms with Gasteiger partial charge in [0, 0.05) is 17.8 Å². The second kappa shape index (κ2) is 7.55. The zero-order valence-corrected chi connectivity index (χ0v) is 13.5. The lowest BCUT2D eigenvalue weighted by atomic mass is 10.2. The van der Waals surface area contributed by atoms with Gasteiger partial charge in [-0.05, 0) is 42.8 Å². The van der Waals surface area contributed by atoms with Crippen molar-refractivity contribution in [2.45, 2.75) is 6.92 Å². The number of hydrogen-bond acceptors (Lipinski definition) is 4. The number of rotatable bonds is 5. The molecule has 0 spiro atoms. The Morgan fingerprint density at radius 3 is 2.83 bits per heavy atom. The van der Waals surface area contributed by atoms with Crippen molar-refractivity contribution in [2.75, 3.05) is 25.1 Å². The summed E-state index contributed by atoms with van der Waals surface area (Å²) in [7, 11) is 0. The SMILES string of the molecule is CCOc1cccc(C=CC(=O)Nc2ccc3c(c2)OCCO3)c1. The molecule has 0 atom stereocenters. The smallest absolute Gasteiger partial charge is 0.248 e. The lowest BCUT2D eigenvalue weighted by molar-refractivity contribution is -0.111. The van der Waals surface area contributed by atoms with Crippen molar-refractivity contribution < 1.29 is 19.0 Å². The summed E-state index contributed by atoms with van der Waals surface area (Å²) in [6.45, 7) is 3.60. The van der Waals surface area contributed by atoms with Crippen LogP contribution in [0, 0.1) is 0 Å². The van der Waals surface area contributed by atoms with Crippen molar-refractivity contribution in [3.8, 4) is 17.2 Å². The van der Waals surface area contributed by atoms with E-state index in [0.717, 1.165) is 11.3 Å². The number of ether oxygens (including phenoxy) is 3. The zero-order valence-electron chi connectivity index (χ0n) is 13.5. The predicted molar refractivity (Wildman–Crippen MR) is 92.7 cm³/mol. The molecule has 0 saturated heterocycles. The molecule has 124 valence electrons. The van der Waals surface area contributed by atoms with Crippen LogP contribution in [0.4, 0.5) is 5.69 Å². The molecule has 1 aliphatic heterocycles. The van der Waals surface area contributed by atoms with Crippen LogP contribution < -0.4 is 19.5 Å². The van der Waals surface area contributed by atoms with Gasteiger partial charge >= 0.3 is 0 Å². The average Bonchev–Trinajstić information content (AvgIpc) is 2.61. The first-order valence-electron chi connectivity index (χ1n) is 7.86. The number of carbonyl (C=O) groups excluding carboxylic acids is 1. The van der Waals surface area contributed by atoms with Crippen molar-refractivity contribution in [1.82, 2.24) is 0 Å². The first-order valence-corrected chi connectivity index (χ1v) is 7.86. The first-order chi connectivity index (χ1) is 11.7. The summed E-state index contributed by atoms with van der Waals surface area (Å²) < 4.78 is 16.4. The van der Waals surface area contributed by atoms with Crippen molar-refractivity contribution in [2.24, 2.45) is 0 Å². The number of nitrogens with one attached hydrogen (secondary N) is 1. The molecule has 0 aromatic heterocycles. The van der Waals surface area contributed by atoms with Gasteiger partial charge < -0.3 is 19.5 Å². The van der Waals surface area contributed by atoms with Gasteiger partial charge in [0.05, 0.1) is 6.61 Å². The topological polar surface area (TPSA) is 56.8 Å². The second-order valence-corrected chi connectivity index (χ2v) is 5.19. The molecule has 5 nitrogen and oxygen atoms in total. The fourth-order valence-corrected chi connectivity index (χ4v) is 2.35. The zero-order chi connectivity index (χ0) is 16.8.